The first kappa shape index (κ1) is 26.4. The van der Waals surface area contributed by atoms with E-state index in [9.17, 15) is 9.59 Å². The molecule has 2 aromatic rings. The van der Waals surface area contributed by atoms with Gasteiger partial charge in [0.15, 0.2) is 5.17 Å². The fraction of sp³-hybridized carbons (Fsp3) is 0.320. The maximum Gasteiger partial charge on any atom is 0.338 e. The Kier molecular flexibility index (Phi) is 9.06. The lowest BCUT2D eigenvalue weighted by Gasteiger charge is -2.26. The van der Waals surface area contributed by atoms with E-state index in [2.05, 4.69) is 10.6 Å². The summed E-state index contributed by atoms with van der Waals surface area (Å²) in [6.07, 6.45) is 0. The summed E-state index contributed by atoms with van der Waals surface area (Å²) in [7, 11) is 3.11. The second-order valence-electron chi connectivity index (χ2n) is 7.63. The van der Waals surface area contributed by atoms with Gasteiger partial charge in [-0.25, -0.2) is 9.79 Å². The van der Waals surface area contributed by atoms with E-state index in [-0.39, 0.29) is 18.3 Å². The summed E-state index contributed by atoms with van der Waals surface area (Å²) in [6.45, 7) is 5.65. The summed E-state index contributed by atoms with van der Waals surface area (Å²) in [6, 6.07) is 9.98. The van der Waals surface area contributed by atoms with Crippen molar-refractivity contribution in [1.29, 1.82) is 0 Å². The molecule has 0 radical (unpaired) electrons. The van der Waals surface area contributed by atoms with Gasteiger partial charge in [-0.3, -0.25) is 4.79 Å². The number of benzene rings is 2. The number of hydrogen-bond acceptors (Lipinski definition) is 8. The Hall–Kier alpha value is -3.17. The highest BCUT2D eigenvalue weighted by molar-refractivity contribution is 8.14. The van der Waals surface area contributed by atoms with Crippen molar-refractivity contribution >= 4 is 46.1 Å². The first-order valence-corrected chi connectivity index (χ1v) is 12.3. The number of nitrogens with one attached hydrogen (secondary N) is 2. The number of rotatable bonds is 8. The van der Waals surface area contributed by atoms with Gasteiger partial charge in [0.1, 0.15) is 17.5 Å². The quantitative estimate of drug-likeness (QED) is 0.482. The van der Waals surface area contributed by atoms with Gasteiger partial charge in [0.05, 0.1) is 32.2 Å². The number of amides is 1. The Morgan fingerprint density at radius 1 is 1.14 bits per heavy atom. The molecule has 0 spiro atoms. The largest absolute Gasteiger partial charge is 0.497 e. The number of hydrogen-bond donors (Lipinski definition) is 2. The standard InChI is InChI=1S/C25H28ClN3O5S/c1-6-34-24(31)22-15(3)27-25(29-23(22)18-10-9-17(32-4)12-20(18)33-5)35-13-21(30)28-16-8-7-14(2)19(26)11-16/h7-12,23H,6,13H2,1-5H3,(H,27,29)(H,28,30)/t23-/m0/s1. The highest BCUT2D eigenvalue weighted by atomic mass is 35.5. The van der Waals surface area contributed by atoms with Gasteiger partial charge >= 0.3 is 5.97 Å². The zero-order valence-corrected chi connectivity index (χ0v) is 21.8. The van der Waals surface area contributed by atoms with Crippen LogP contribution in [0.5, 0.6) is 11.5 Å². The number of thioether (sulfide) groups is 1. The lowest BCUT2D eigenvalue weighted by Crippen LogP contribution is -2.31. The molecular formula is C25H28ClN3O5S. The summed E-state index contributed by atoms with van der Waals surface area (Å²) < 4.78 is 16.1. The third kappa shape index (κ3) is 6.49. The minimum atomic E-state index is -0.683. The first-order valence-electron chi connectivity index (χ1n) is 10.9. The van der Waals surface area contributed by atoms with Crippen LogP contribution in [0.4, 0.5) is 5.69 Å². The molecular weight excluding hydrogens is 490 g/mol. The molecule has 2 N–H and O–H groups in total. The molecule has 0 bridgehead atoms. The number of carbonyl (C=O) groups excluding carboxylic acids is 2. The molecule has 186 valence electrons. The molecule has 1 atom stereocenters. The zero-order valence-electron chi connectivity index (χ0n) is 20.2. The van der Waals surface area contributed by atoms with Crippen LogP contribution in [0.25, 0.3) is 0 Å². The lowest BCUT2D eigenvalue weighted by molar-refractivity contribution is -0.139. The molecule has 1 aliphatic rings. The van der Waals surface area contributed by atoms with Crippen molar-refractivity contribution in [3.05, 3.63) is 63.8 Å². The van der Waals surface area contributed by atoms with Gasteiger partial charge in [-0.05, 0) is 50.6 Å². The Balaban J connectivity index is 1.84. The molecule has 0 fully saturated rings. The molecule has 0 aliphatic carbocycles. The summed E-state index contributed by atoms with van der Waals surface area (Å²) in [5, 5.41) is 7.03. The van der Waals surface area contributed by atoms with Gasteiger partial charge in [-0.2, -0.15) is 0 Å². The number of methoxy groups -OCH3 is 2. The van der Waals surface area contributed by atoms with Crippen molar-refractivity contribution in [3.63, 3.8) is 0 Å². The number of halogens is 1. The maximum atomic E-state index is 12.8. The van der Waals surface area contributed by atoms with Crippen LogP contribution in [0.3, 0.4) is 0 Å². The third-order valence-electron chi connectivity index (χ3n) is 5.24. The van der Waals surface area contributed by atoms with E-state index in [1.165, 1.54) is 11.8 Å². The Morgan fingerprint density at radius 2 is 1.91 bits per heavy atom. The molecule has 0 aromatic heterocycles. The van der Waals surface area contributed by atoms with Gasteiger partial charge in [-0.1, -0.05) is 29.4 Å². The van der Waals surface area contributed by atoms with E-state index in [1.807, 2.05) is 13.0 Å². The van der Waals surface area contributed by atoms with Crippen LogP contribution in [0.2, 0.25) is 5.02 Å². The summed E-state index contributed by atoms with van der Waals surface area (Å²) in [5.41, 5.74) is 3.19. The number of nitrogens with zero attached hydrogens (tertiary/aromatic N) is 1. The maximum absolute atomic E-state index is 12.8. The molecule has 2 aromatic carbocycles. The summed E-state index contributed by atoms with van der Waals surface area (Å²) >= 11 is 7.37. The van der Waals surface area contributed by atoms with Crippen LogP contribution in [0.1, 0.15) is 31.0 Å². The molecule has 0 saturated heterocycles. The highest BCUT2D eigenvalue weighted by Crippen LogP contribution is 2.39. The number of amidine groups is 1. The Morgan fingerprint density at radius 3 is 2.57 bits per heavy atom. The molecule has 1 aliphatic heterocycles. The number of esters is 1. The van der Waals surface area contributed by atoms with Gasteiger partial charge < -0.3 is 24.8 Å². The summed E-state index contributed by atoms with van der Waals surface area (Å²) in [5.74, 6) is 0.557. The Bertz CT molecular complexity index is 1180. The predicted octanol–water partition coefficient (Wildman–Crippen LogP) is 4.87. The van der Waals surface area contributed by atoms with Crippen molar-refractivity contribution < 1.29 is 23.8 Å². The monoisotopic (exact) mass is 517 g/mol. The van der Waals surface area contributed by atoms with Crippen LogP contribution in [-0.4, -0.2) is 43.6 Å². The fourth-order valence-corrected chi connectivity index (χ4v) is 4.39. The van der Waals surface area contributed by atoms with E-state index in [4.69, 9.17) is 30.8 Å². The number of aryl methyl sites for hydroxylation is 1. The molecule has 1 heterocycles. The van der Waals surface area contributed by atoms with Gasteiger partial charge in [0.25, 0.3) is 0 Å². The molecule has 10 heteroatoms. The lowest BCUT2D eigenvalue weighted by atomic mass is 9.95. The second kappa shape index (κ2) is 12.0. The molecule has 0 saturated carbocycles. The van der Waals surface area contributed by atoms with Crippen LogP contribution in [0, 0.1) is 6.92 Å². The smallest absolute Gasteiger partial charge is 0.338 e. The normalized spacial score (nSPS) is 15.1. The minimum Gasteiger partial charge on any atom is -0.497 e. The van der Waals surface area contributed by atoms with Crippen molar-refractivity contribution in [2.24, 2.45) is 4.99 Å². The minimum absolute atomic E-state index is 0.103. The molecule has 0 unspecified atom stereocenters. The molecule has 3 rings (SSSR count). The fourth-order valence-electron chi connectivity index (χ4n) is 3.46. The average molecular weight is 518 g/mol. The van der Waals surface area contributed by atoms with Crippen molar-refractivity contribution in [2.75, 3.05) is 31.9 Å². The summed E-state index contributed by atoms with van der Waals surface area (Å²) in [4.78, 5) is 30.1. The Labute approximate surface area is 214 Å². The number of anilines is 1. The highest BCUT2D eigenvalue weighted by Gasteiger charge is 2.32. The van der Waals surface area contributed by atoms with E-state index >= 15 is 0 Å². The second-order valence-corrected chi connectivity index (χ2v) is 9.00. The molecule has 1 amide bonds. The zero-order chi connectivity index (χ0) is 25.5. The first-order chi connectivity index (χ1) is 16.8. The molecule has 8 nitrogen and oxygen atoms in total. The van der Waals surface area contributed by atoms with Crippen molar-refractivity contribution in [2.45, 2.75) is 26.8 Å². The van der Waals surface area contributed by atoms with Gasteiger partial charge in [0.2, 0.25) is 5.91 Å². The number of allylic oxidation sites excluding steroid dienone is 1. The van der Waals surface area contributed by atoms with E-state index in [0.717, 1.165) is 5.56 Å². The SMILES string of the molecule is CCOC(=O)C1=C(C)NC(SCC(=O)Nc2ccc(C)c(Cl)c2)=N[C@H]1c1ccc(OC)cc1OC. The topological polar surface area (TPSA) is 98.2 Å². The van der Waals surface area contributed by atoms with Crippen LogP contribution in [0.15, 0.2) is 52.7 Å². The van der Waals surface area contributed by atoms with E-state index in [1.54, 1.807) is 58.4 Å². The number of carbonyl (C=O) groups is 2. The van der Waals surface area contributed by atoms with E-state index < -0.39 is 12.0 Å². The number of ether oxygens (including phenoxy) is 3. The third-order valence-corrected chi connectivity index (χ3v) is 6.54. The predicted molar refractivity (Wildman–Crippen MR) is 139 cm³/mol. The van der Waals surface area contributed by atoms with Crippen LogP contribution < -0.4 is 20.1 Å². The van der Waals surface area contributed by atoms with Crippen LogP contribution >= 0.6 is 23.4 Å². The van der Waals surface area contributed by atoms with Gasteiger partial charge in [0, 0.05) is 28.0 Å². The average Bonchev–Trinajstić information content (AvgIpc) is 2.84. The van der Waals surface area contributed by atoms with Crippen LogP contribution in [-0.2, 0) is 14.3 Å². The molecule has 35 heavy (non-hydrogen) atoms. The van der Waals surface area contributed by atoms with Gasteiger partial charge in [-0.15, -0.1) is 0 Å². The number of aliphatic imine (C=N–C) groups is 1. The van der Waals surface area contributed by atoms with E-state index in [0.29, 0.717) is 44.2 Å². The van der Waals surface area contributed by atoms with Crippen molar-refractivity contribution in [3.8, 4) is 11.5 Å². The van der Waals surface area contributed by atoms with Crippen molar-refractivity contribution in [1.82, 2.24) is 5.32 Å².